The number of imidazole rings is 1. The molecule has 0 spiro atoms. The molecule has 2 aromatic heterocycles. The van der Waals surface area contributed by atoms with E-state index in [2.05, 4.69) is 47.0 Å². The summed E-state index contributed by atoms with van der Waals surface area (Å²) in [7, 11) is 1.62. The standard InChI is InChI=1S/C30H32N4O3/c1-29(2,3)37-28(36)33-30(16-8-17-30)23-13-11-20(12-14-23)25-26(21-9-6-5-7-10-21)34-18-15-22(27(35)31-4)19-24(34)32-25/h5-7,9-15,18-19H,8,16-17H2,1-4H3,(H,31,35)(H,33,36). The van der Waals surface area contributed by atoms with E-state index < -0.39 is 17.2 Å². The quantitative estimate of drug-likeness (QED) is 0.359. The first kappa shape index (κ1) is 24.6. The van der Waals surface area contributed by atoms with Crippen LogP contribution in [0.5, 0.6) is 0 Å². The number of carbonyl (C=O) groups excluding carboxylic acids is 2. The fourth-order valence-electron chi connectivity index (χ4n) is 4.87. The third-order valence-corrected chi connectivity index (χ3v) is 6.82. The van der Waals surface area contributed by atoms with Gasteiger partial charge in [0.2, 0.25) is 0 Å². The van der Waals surface area contributed by atoms with Crippen LogP contribution in [0.25, 0.3) is 28.2 Å². The molecule has 0 radical (unpaired) electrons. The summed E-state index contributed by atoms with van der Waals surface area (Å²) < 4.78 is 7.54. The van der Waals surface area contributed by atoms with Crippen LogP contribution in [-0.4, -0.2) is 34.0 Å². The first-order chi connectivity index (χ1) is 17.7. The molecule has 7 heteroatoms. The molecule has 37 heavy (non-hydrogen) atoms. The minimum atomic E-state index is -0.548. The van der Waals surface area contributed by atoms with Crippen molar-refractivity contribution in [2.45, 2.75) is 51.2 Å². The predicted molar refractivity (Wildman–Crippen MR) is 144 cm³/mol. The highest BCUT2D eigenvalue weighted by molar-refractivity contribution is 5.95. The number of benzene rings is 2. The highest BCUT2D eigenvalue weighted by atomic mass is 16.6. The zero-order valence-electron chi connectivity index (χ0n) is 21.7. The fourth-order valence-corrected chi connectivity index (χ4v) is 4.87. The Morgan fingerprint density at radius 2 is 1.68 bits per heavy atom. The van der Waals surface area contributed by atoms with Crippen molar-refractivity contribution >= 4 is 17.6 Å². The topological polar surface area (TPSA) is 84.7 Å². The van der Waals surface area contributed by atoms with Crippen LogP contribution < -0.4 is 10.6 Å². The number of nitrogens with zero attached hydrogens (tertiary/aromatic N) is 2. The van der Waals surface area contributed by atoms with Crippen molar-refractivity contribution in [2.24, 2.45) is 0 Å². The molecule has 0 bridgehead atoms. The first-order valence-corrected chi connectivity index (χ1v) is 12.6. The van der Waals surface area contributed by atoms with Crippen molar-refractivity contribution in [3.8, 4) is 22.5 Å². The lowest BCUT2D eigenvalue weighted by molar-refractivity contribution is 0.0377. The molecule has 1 saturated carbocycles. The van der Waals surface area contributed by atoms with Gasteiger partial charge in [0.15, 0.2) is 0 Å². The average molecular weight is 497 g/mol. The highest BCUT2D eigenvalue weighted by Gasteiger charge is 2.41. The smallest absolute Gasteiger partial charge is 0.408 e. The Balaban J connectivity index is 1.53. The SMILES string of the molecule is CNC(=O)c1ccn2c(-c3ccccc3)c(-c3ccc(C4(NC(=O)OC(C)(C)C)CCC4)cc3)nc2c1. The molecule has 1 fully saturated rings. The van der Waals surface area contributed by atoms with E-state index in [0.29, 0.717) is 11.2 Å². The molecule has 0 unspecified atom stereocenters. The van der Waals surface area contributed by atoms with Crippen molar-refractivity contribution in [1.29, 1.82) is 0 Å². The van der Waals surface area contributed by atoms with Gasteiger partial charge in [-0.1, -0.05) is 54.6 Å². The van der Waals surface area contributed by atoms with Crippen molar-refractivity contribution in [1.82, 2.24) is 20.0 Å². The zero-order chi connectivity index (χ0) is 26.2. The molecule has 1 aliphatic carbocycles. The monoisotopic (exact) mass is 496 g/mol. The number of pyridine rings is 1. The number of ether oxygens (including phenoxy) is 1. The Morgan fingerprint density at radius 3 is 2.27 bits per heavy atom. The van der Waals surface area contributed by atoms with Crippen LogP contribution in [0.15, 0.2) is 72.9 Å². The van der Waals surface area contributed by atoms with Crippen LogP contribution in [0.1, 0.15) is 56.0 Å². The molecule has 2 amide bonds. The lowest BCUT2D eigenvalue weighted by atomic mass is 9.71. The number of amides is 2. The maximum atomic E-state index is 12.6. The summed E-state index contributed by atoms with van der Waals surface area (Å²) in [5, 5.41) is 5.80. The van der Waals surface area contributed by atoms with Gasteiger partial charge in [0.1, 0.15) is 11.2 Å². The lowest BCUT2D eigenvalue weighted by Gasteiger charge is -2.43. The van der Waals surface area contributed by atoms with E-state index in [1.807, 2.05) is 49.6 Å². The van der Waals surface area contributed by atoms with E-state index in [4.69, 9.17) is 9.72 Å². The third kappa shape index (κ3) is 4.81. The van der Waals surface area contributed by atoms with Crippen molar-refractivity contribution < 1.29 is 14.3 Å². The maximum Gasteiger partial charge on any atom is 0.408 e. The second kappa shape index (κ2) is 9.39. The maximum absolute atomic E-state index is 12.6. The molecule has 4 aromatic rings. The molecule has 2 N–H and O–H groups in total. The van der Waals surface area contributed by atoms with Crippen LogP contribution in [0, 0.1) is 0 Å². The second-order valence-electron chi connectivity index (χ2n) is 10.5. The summed E-state index contributed by atoms with van der Waals surface area (Å²) >= 11 is 0. The first-order valence-electron chi connectivity index (χ1n) is 12.6. The van der Waals surface area contributed by atoms with Crippen LogP contribution in [0.3, 0.4) is 0 Å². The second-order valence-corrected chi connectivity index (χ2v) is 10.5. The van der Waals surface area contributed by atoms with E-state index in [1.54, 1.807) is 19.2 Å². The molecule has 0 aliphatic heterocycles. The fraction of sp³-hybridized carbons (Fsp3) is 0.300. The Hall–Kier alpha value is -4.13. The van der Waals surface area contributed by atoms with Crippen LogP contribution >= 0.6 is 0 Å². The number of hydrogen-bond acceptors (Lipinski definition) is 4. The van der Waals surface area contributed by atoms with Gasteiger partial charge in [0.25, 0.3) is 5.91 Å². The summed E-state index contributed by atoms with van der Waals surface area (Å²) in [5.41, 5.74) is 5.12. The van der Waals surface area contributed by atoms with E-state index in [9.17, 15) is 9.59 Å². The number of alkyl carbamates (subject to hydrolysis) is 1. The predicted octanol–water partition coefficient (Wildman–Crippen LogP) is 5.93. The molecule has 7 nitrogen and oxygen atoms in total. The Bertz CT molecular complexity index is 1450. The lowest BCUT2D eigenvalue weighted by Crippen LogP contribution is -2.52. The molecular formula is C30H32N4O3. The zero-order valence-corrected chi connectivity index (χ0v) is 21.7. The van der Waals surface area contributed by atoms with Gasteiger partial charge in [0, 0.05) is 29.9 Å². The van der Waals surface area contributed by atoms with Gasteiger partial charge in [-0.2, -0.15) is 0 Å². The van der Waals surface area contributed by atoms with Gasteiger partial charge >= 0.3 is 6.09 Å². The van der Waals surface area contributed by atoms with Crippen molar-refractivity contribution in [3.05, 3.63) is 84.1 Å². The Kier molecular flexibility index (Phi) is 6.23. The van der Waals surface area contributed by atoms with Crippen LogP contribution in [0.2, 0.25) is 0 Å². The summed E-state index contributed by atoms with van der Waals surface area (Å²) in [6, 6.07) is 22.0. The van der Waals surface area contributed by atoms with Gasteiger partial charge < -0.3 is 15.4 Å². The summed E-state index contributed by atoms with van der Waals surface area (Å²) in [6.07, 6.45) is 4.29. The number of aromatic nitrogens is 2. The van der Waals surface area contributed by atoms with E-state index in [1.165, 1.54) is 0 Å². The molecule has 0 saturated heterocycles. The van der Waals surface area contributed by atoms with E-state index in [0.717, 1.165) is 47.3 Å². The largest absolute Gasteiger partial charge is 0.444 e. The van der Waals surface area contributed by atoms with Crippen molar-refractivity contribution in [2.75, 3.05) is 7.05 Å². The molecule has 5 rings (SSSR count). The summed E-state index contributed by atoms with van der Waals surface area (Å²) in [5.74, 6) is -0.152. The molecular weight excluding hydrogens is 464 g/mol. The minimum Gasteiger partial charge on any atom is -0.444 e. The van der Waals surface area contributed by atoms with Gasteiger partial charge in [-0.3, -0.25) is 9.20 Å². The van der Waals surface area contributed by atoms with Gasteiger partial charge in [0.05, 0.1) is 16.9 Å². The summed E-state index contributed by atoms with van der Waals surface area (Å²) in [4.78, 5) is 29.7. The average Bonchev–Trinajstić information content (AvgIpc) is 3.24. The molecule has 190 valence electrons. The molecule has 2 heterocycles. The van der Waals surface area contributed by atoms with Crippen molar-refractivity contribution in [3.63, 3.8) is 0 Å². The Morgan fingerprint density at radius 1 is 0.973 bits per heavy atom. The minimum absolute atomic E-state index is 0.152. The van der Waals surface area contributed by atoms with E-state index in [-0.39, 0.29) is 5.91 Å². The van der Waals surface area contributed by atoms with Crippen LogP contribution in [0.4, 0.5) is 4.79 Å². The van der Waals surface area contributed by atoms with Gasteiger partial charge in [-0.15, -0.1) is 0 Å². The van der Waals surface area contributed by atoms with Gasteiger partial charge in [-0.25, -0.2) is 9.78 Å². The third-order valence-electron chi connectivity index (χ3n) is 6.82. The van der Waals surface area contributed by atoms with Crippen LogP contribution in [-0.2, 0) is 10.3 Å². The molecule has 1 aliphatic rings. The number of carbonyl (C=O) groups is 2. The Labute approximate surface area is 216 Å². The molecule has 2 aromatic carbocycles. The van der Waals surface area contributed by atoms with Gasteiger partial charge in [-0.05, 0) is 57.7 Å². The van der Waals surface area contributed by atoms with E-state index >= 15 is 0 Å². The number of fused-ring (bicyclic) bond motifs is 1. The normalized spacial score (nSPS) is 14.6. The summed E-state index contributed by atoms with van der Waals surface area (Å²) in [6.45, 7) is 5.60. The number of rotatable bonds is 5. The highest BCUT2D eigenvalue weighted by Crippen LogP contribution is 2.42. The molecule has 0 atom stereocenters. The number of hydrogen-bond donors (Lipinski definition) is 2. The number of nitrogens with one attached hydrogen (secondary N) is 2.